The first kappa shape index (κ1) is 16.9. The van der Waals surface area contributed by atoms with Crippen molar-refractivity contribution in [2.45, 2.75) is 0 Å². The number of aromatic hydroxyl groups is 1. The van der Waals surface area contributed by atoms with Crippen LogP contribution in [0.4, 0.5) is 10.1 Å². The quantitative estimate of drug-likeness (QED) is 0.558. The van der Waals surface area contributed by atoms with Gasteiger partial charge < -0.3 is 15.3 Å². The molecule has 1 aliphatic heterocycles. The van der Waals surface area contributed by atoms with Crippen LogP contribution in [0.2, 0.25) is 0 Å². The lowest BCUT2D eigenvalue weighted by Gasteiger charge is -2.29. The zero-order valence-corrected chi connectivity index (χ0v) is 15.4. The molecule has 8 heteroatoms. The van der Waals surface area contributed by atoms with Gasteiger partial charge in [0.1, 0.15) is 5.52 Å². The molecule has 0 radical (unpaired) electrons. The Kier molecular flexibility index (Phi) is 3.87. The van der Waals surface area contributed by atoms with E-state index in [4.69, 9.17) is 0 Å². The molecule has 0 unspecified atom stereocenters. The van der Waals surface area contributed by atoms with E-state index in [-0.39, 0.29) is 5.52 Å². The standard InChI is InChI=1S/C20H19FN6O/c1-26-11-13-9-15(19(28)17(21)18(13)25-26)16-3-2-12-8-14(10-23-20(12)24-16)27-6-4-22-5-7-27/h2-3,8-11,22,28H,4-7H2,1H3. The number of phenolic OH excluding ortho intramolecular Hbond substituents is 1. The molecule has 3 aromatic heterocycles. The van der Waals surface area contributed by atoms with Crippen molar-refractivity contribution in [3.8, 4) is 17.0 Å². The molecule has 1 fully saturated rings. The highest BCUT2D eigenvalue weighted by molar-refractivity contribution is 5.89. The maximum atomic E-state index is 14.6. The summed E-state index contributed by atoms with van der Waals surface area (Å²) in [6.07, 6.45) is 3.52. The van der Waals surface area contributed by atoms with Gasteiger partial charge >= 0.3 is 0 Å². The van der Waals surface area contributed by atoms with Gasteiger partial charge in [0.25, 0.3) is 0 Å². The molecule has 1 aliphatic rings. The molecule has 28 heavy (non-hydrogen) atoms. The van der Waals surface area contributed by atoms with Crippen molar-refractivity contribution >= 4 is 27.6 Å². The van der Waals surface area contributed by atoms with E-state index in [2.05, 4.69) is 31.3 Å². The molecule has 2 N–H and O–H groups in total. The summed E-state index contributed by atoms with van der Waals surface area (Å²) in [4.78, 5) is 11.3. The highest BCUT2D eigenvalue weighted by atomic mass is 19.1. The normalized spacial score (nSPS) is 14.9. The minimum Gasteiger partial charge on any atom is -0.504 e. The summed E-state index contributed by atoms with van der Waals surface area (Å²) in [6, 6.07) is 7.45. The molecule has 1 saturated heterocycles. The zero-order chi connectivity index (χ0) is 19.3. The number of hydrogen-bond donors (Lipinski definition) is 2. The van der Waals surface area contributed by atoms with Crippen LogP contribution in [-0.2, 0) is 7.05 Å². The molecule has 0 amide bonds. The van der Waals surface area contributed by atoms with E-state index < -0.39 is 11.6 Å². The van der Waals surface area contributed by atoms with Gasteiger partial charge in [-0.2, -0.15) is 5.10 Å². The summed E-state index contributed by atoms with van der Waals surface area (Å²) in [6.45, 7) is 3.79. The molecule has 0 bridgehead atoms. The SMILES string of the molecule is Cn1cc2cc(-c3ccc4cc(N5CCNCC5)cnc4n3)c(O)c(F)c2n1. The van der Waals surface area contributed by atoms with Gasteiger partial charge in [-0.15, -0.1) is 0 Å². The fraction of sp³-hybridized carbons (Fsp3) is 0.250. The molecule has 5 rings (SSSR count). The van der Waals surface area contributed by atoms with Gasteiger partial charge in [0.05, 0.1) is 17.6 Å². The predicted octanol–water partition coefficient (Wildman–Crippen LogP) is 2.44. The van der Waals surface area contributed by atoms with Gasteiger partial charge in [-0.1, -0.05) is 0 Å². The average molecular weight is 378 g/mol. The van der Waals surface area contributed by atoms with Gasteiger partial charge in [0, 0.05) is 55.8 Å². The van der Waals surface area contributed by atoms with E-state index >= 15 is 0 Å². The van der Waals surface area contributed by atoms with Gasteiger partial charge in [-0.25, -0.2) is 14.4 Å². The molecule has 142 valence electrons. The molecule has 0 aliphatic carbocycles. The van der Waals surface area contributed by atoms with Crippen LogP contribution in [0.1, 0.15) is 0 Å². The highest BCUT2D eigenvalue weighted by Gasteiger charge is 2.18. The fourth-order valence-electron chi connectivity index (χ4n) is 3.68. The average Bonchev–Trinajstić information content (AvgIpc) is 3.11. The van der Waals surface area contributed by atoms with Crippen LogP contribution in [-0.4, -0.2) is 51.0 Å². The van der Waals surface area contributed by atoms with E-state index in [1.54, 1.807) is 25.4 Å². The maximum Gasteiger partial charge on any atom is 0.193 e. The van der Waals surface area contributed by atoms with Crippen LogP contribution < -0.4 is 10.2 Å². The van der Waals surface area contributed by atoms with E-state index in [0.717, 1.165) is 37.3 Å². The third-order valence-electron chi connectivity index (χ3n) is 5.11. The summed E-state index contributed by atoms with van der Waals surface area (Å²) < 4.78 is 16.1. The fourth-order valence-corrected chi connectivity index (χ4v) is 3.68. The Labute approximate surface area is 160 Å². The molecule has 4 aromatic rings. The summed E-state index contributed by atoms with van der Waals surface area (Å²) in [5.41, 5.74) is 2.56. The number of piperazine rings is 1. The first-order valence-electron chi connectivity index (χ1n) is 9.18. The minimum atomic E-state index is -0.739. The van der Waals surface area contributed by atoms with Gasteiger partial charge in [-0.3, -0.25) is 4.68 Å². The van der Waals surface area contributed by atoms with Gasteiger partial charge in [-0.05, 0) is 24.3 Å². The molecule has 0 saturated carbocycles. The van der Waals surface area contributed by atoms with Crippen LogP contribution in [0.15, 0.2) is 36.7 Å². The first-order valence-corrected chi connectivity index (χ1v) is 9.18. The Hall–Kier alpha value is -3.26. The lowest BCUT2D eigenvalue weighted by atomic mass is 10.1. The van der Waals surface area contributed by atoms with Crippen molar-refractivity contribution in [1.29, 1.82) is 0 Å². The van der Waals surface area contributed by atoms with E-state index in [1.807, 2.05) is 12.3 Å². The number of nitrogens with zero attached hydrogens (tertiary/aromatic N) is 5. The minimum absolute atomic E-state index is 0.142. The molecule has 7 nitrogen and oxygen atoms in total. The number of halogens is 1. The maximum absolute atomic E-state index is 14.6. The van der Waals surface area contributed by atoms with Crippen molar-refractivity contribution in [1.82, 2.24) is 25.1 Å². The molecular weight excluding hydrogens is 359 g/mol. The Morgan fingerprint density at radius 1 is 1.14 bits per heavy atom. The van der Waals surface area contributed by atoms with Crippen molar-refractivity contribution in [2.75, 3.05) is 31.1 Å². The Morgan fingerprint density at radius 2 is 1.96 bits per heavy atom. The number of hydrogen-bond acceptors (Lipinski definition) is 6. The Balaban J connectivity index is 1.58. The number of anilines is 1. The number of rotatable bonds is 2. The monoisotopic (exact) mass is 378 g/mol. The van der Waals surface area contributed by atoms with Crippen LogP contribution in [0.25, 0.3) is 33.2 Å². The van der Waals surface area contributed by atoms with Crippen LogP contribution >= 0.6 is 0 Å². The van der Waals surface area contributed by atoms with Crippen LogP contribution in [0.3, 0.4) is 0 Å². The number of phenols is 1. The lowest BCUT2D eigenvalue weighted by molar-refractivity contribution is 0.437. The number of aryl methyl sites for hydroxylation is 1. The van der Waals surface area contributed by atoms with Crippen molar-refractivity contribution in [3.05, 3.63) is 42.5 Å². The van der Waals surface area contributed by atoms with Crippen molar-refractivity contribution in [2.24, 2.45) is 7.05 Å². The number of aromatic nitrogens is 4. The molecule has 1 aromatic carbocycles. The van der Waals surface area contributed by atoms with Gasteiger partial charge in [0.2, 0.25) is 0 Å². The molecule has 4 heterocycles. The largest absolute Gasteiger partial charge is 0.504 e. The summed E-state index contributed by atoms with van der Waals surface area (Å²) in [5, 5.41) is 19.2. The summed E-state index contributed by atoms with van der Waals surface area (Å²) >= 11 is 0. The second-order valence-electron chi connectivity index (χ2n) is 7.00. The number of pyridine rings is 2. The molecular formula is C20H19FN6O. The summed E-state index contributed by atoms with van der Waals surface area (Å²) in [5.74, 6) is -1.19. The smallest absolute Gasteiger partial charge is 0.193 e. The highest BCUT2D eigenvalue weighted by Crippen LogP contribution is 2.36. The lowest BCUT2D eigenvalue weighted by Crippen LogP contribution is -2.43. The number of benzene rings is 1. The van der Waals surface area contributed by atoms with E-state index in [9.17, 15) is 9.50 Å². The van der Waals surface area contributed by atoms with Crippen LogP contribution in [0, 0.1) is 5.82 Å². The third-order valence-corrected chi connectivity index (χ3v) is 5.11. The molecule has 0 spiro atoms. The summed E-state index contributed by atoms with van der Waals surface area (Å²) in [7, 11) is 1.71. The predicted molar refractivity (Wildman–Crippen MR) is 106 cm³/mol. The topological polar surface area (TPSA) is 79.1 Å². The Bertz CT molecular complexity index is 1200. The second-order valence-corrected chi connectivity index (χ2v) is 7.00. The first-order chi connectivity index (χ1) is 13.6. The molecule has 0 atom stereocenters. The zero-order valence-electron chi connectivity index (χ0n) is 15.4. The second kappa shape index (κ2) is 6.42. The van der Waals surface area contributed by atoms with Gasteiger partial charge in [0.15, 0.2) is 17.2 Å². The van der Waals surface area contributed by atoms with Crippen LogP contribution in [0.5, 0.6) is 5.75 Å². The number of fused-ring (bicyclic) bond motifs is 2. The third kappa shape index (κ3) is 2.73. The van der Waals surface area contributed by atoms with E-state index in [0.29, 0.717) is 22.3 Å². The van der Waals surface area contributed by atoms with Crippen molar-refractivity contribution < 1.29 is 9.50 Å². The van der Waals surface area contributed by atoms with Crippen molar-refractivity contribution in [3.63, 3.8) is 0 Å². The van der Waals surface area contributed by atoms with E-state index in [1.165, 1.54) is 4.68 Å². The number of nitrogens with one attached hydrogen (secondary N) is 1. The Morgan fingerprint density at radius 3 is 2.79 bits per heavy atom.